The highest BCUT2D eigenvalue weighted by atomic mass is 16.1. The lowest BCUT2D eigenvalue weighted by atomic mass is 10.1. The summed E-state index contributed by atoms with van der Waals surface area (Å²) in [6.45, 7) is 4.78. The highest BCUT2D eigenvalue weighted by Gasteiger charge is 2.12. The van der Waals surface area contributed by atoms with Gasteiger partial charge in [0, 0.05) is 11.6 Å². The number of hydrogen-bond acceptors (Lipinski definition) is 3. The molecule has 1 aromatic carbocycles. The van der Waals surface area contributed by atoms with Crippen LogP contribution in [0.15, 0.2) is 41.2 Å². The van der Waals surface area contributed by atoms with Crippen LogP contribution in [-0.4, -0.2) is 27.8 Å². The number of aromatic nitrogens is 2. The van der Waals surface area contributed by atoms with Crippen LogP contribution in [0.1, 0.15) is 24.8 Å². The fourth-order valence-electron chi connectivity index (χ4n) is 2.72. The van der Waals surface area contributed by atoms with E-state index >= 15 is 0 Å². The van der Waals surface area contributed by atoms with Gasteiger partial charge in [0.25, 0.3) is 5.56 Å². The Morgan fingerprint density at radius 1 is 1.00 bits per heavy atom. The first-order valence-corrected chi connectivity index (χ1v) is 7.60. The topological polar surface area (TPSA) is 38.1 Å². The van der Waals surface area contributed by atoms with Gasteiger partial charge in [-0.2, -0.15) is 5.10 Å². The quantitative estimate of drug-likeness (QED) is 0.869. The molecule has 2 aromatic rings. The molecule has 0 N–H and O–H groups in total. The van der Waals surface area contributed by atoms with Gasteiger partial charge in [0.2, 0.25) is 0 Å². The van der Waals surface area contributed by atoms with E-state index in [2.05, 4.69) is 29.1 Å². The van der Waals surface area contributed by atoms with Gasteiger partial charge in [0.15, 0.2) is 0 Å². The van der Waals surface area contributed by atoms with Gasteiger partial charge in [0.1, 0.15) is 0 Å². The van der Waals surface area contributed by atoms with Crippen LogP contribution in [0, 0.1) is 6.92 Å². The third-order valence-electron chi connectivity index (χ3n) is 4.00. The van der Waals surface area contributed by atoms with Crippen LogP contribution in [-0.2, 0) is 6.67 Å². The van der Waals surface area contributed by atoms with Crippen LogP contribution < -0.4 is 5.56 Å². The monoisotopic (exact) mass is 283 g/mol. The number of hydrogen-bond donors (Lipinski definition) is 0. The van der Waals surface area contributed by atoms with Crippen LogP contribution in [0.5, 0.6) is 0 Å². The lowest BCUT2D eigenvalue weighted by Gasteiger charge is -2.26. The minimum absolute atomic E-state index is 0.0311. The molecule has 1 fully saturated rings. The SMILES string of the molecule is Cc1ccc(-c2ccc(=O)n(CN3CCCCC3)n2)cc1. The van der Waals surface area contributed by atoms with Gasteiger partial charge in [-0.15, -0.1) is 0 Å². The molecule has 2 heterocycles. The summed E-state index contributed by atoms with van der Waals surface area (Å²) in [5.74, 6) is 0. The highest BCUT2D eigenvalue weighted by molar-refractivity contribution is 5.58. The maximum Gasteiger partial charge on any atom is 0.268 e. The van der Waals surface area contributed by atoms with E-state index in [1.54, 1.807) is 16.8 Å². The van der Waals surface area contributed by atoms with Crippen molar-refractivity contribution in [2.45, 2.75) is 32.9 Å². The molecule has 0 atom stereocenters. The first-order chi connectivity index (χ1) is 10.2. The maximum absolute atomic E-state index is 12.0. The smallest absolute Gasteiger partial charge is 0.268 e. The predicted octanol–water partition coefficient (Wildman–Crippen LogP) is 2.66. The summed E-state index contributed by atoms with van der Waals surface area (Å²) >= 11 is 0. The molecule has 4 nitrogen and oxygen atoms in total. The number of piperidine rings is 1. The summed E-state index contributed by atoms with van der Waals surface area (Å²) in [5.41, 5.74) is 3.09. The summed E-state index contributed by atoms with van der Waals surface area (Å²) in [5, 5.41) is 4.53. The van der Waals surface area contributed by atoms with Crippen molar-refractivity contribution in [2.75, 3.05) is 13.1 Å². The van der Waals surface area contributed by atoms with Crippen LogP contribution >= 0.6 is 0 Å². The number of likely N-dealkylation sites (tertiary alicyclic amines) is 1. The van der Waals surface area contributed by atoms with Gasteiger partial charge in [-0.3, -0.25) is 9.69 Å². The summed E-state index contributed by atoms with van der Waals surface area (Å²) in [6.07, 6.45) is 3.72. The Balaban J connectivity index is 1.85. The van der Waals surface area contributed by atoms with Crippen LogP contribution in [0.25, 0.3) is 11.3 Å². The third-order valence-corrected chi connectivity index (χ3v) is 4.00. The van der Waals surface area contributed by atoms with E-state index in [0.29, 0.717) is 6.67 Å². The minimum Gasteiger partial charge on any atom is -0.284 e. The van der Waals surface area contributed by atoms with Crippen molar-refractivity contribution in [1.29, 1.82) is 0 Å². The second kappa shape index (κ2) is 6.22. The van der Waals surface area contributed by atoms with E-state index in [9.17, 15) is 4.79 Å². The molecule has 21 heavy (non-hydrogen) atoms. The zero-order chi connectivity index (χ0) is 14.7. The van der Waals surface area contributed by atoms with E-state index in [-0.39, 0.29) is 5.56 Å². The number of nitrogens with zero attached hydrogens (tertiary/aromatic N) is 3. The van der Waals surface area contributed by atoms with E-state index in [1.807, 2.05) is 12.1 Å². The number of benzene rings is 1. The van der Waals surface area contributed by atoms with E-state index in [0.717, 1.165) is 24.3 Å². The standard InChI is InChI=1S/C17H21N3O/c1-14-5-7-15(8-6-14)16-9-10-17(21)20(18-16)13-19-11-3-2-4-12-19/h5-10H,2-4,11-13H2,1H3. The average molecular weight is 283 g/mol. The van der Waals surface area contributed by atoms with Crippen molar-refractivity contribution in [3.8, 4) is 11.3 Å². The summed E-state index contributed by atoms with van der Waals surface area (Å²) in [4.78, 5) is 14.3. The second-order valence-electron chi connectivity index (χ2n) is 5.74. The van der Waals surface area contributed by atoms with Crippen molar-refractivity contribution in [3.63, 3.8) is 0 Å². The van der Waals surface area contributed by atoms with Gasteiger partial charge in [-0.1, -0.05) is 36.2 Å². The third kappa shape index (κ3) is 3.39. The zero-order valence-corrected chi connectivity index (χ0v) is 12.5. The summed E-state index contributed by atoms with van der Waals surface area (Å²) < 4.78 is 1.58. The maximum atomic E-state index is 12.0. The largest absolute Gasteiger partial charge is 0.284 e. The summed E-state index contributed by atoms with van der Waals surface area (Å²) in [6, 6.07) is 11.7. The molecule has 0 spiro atoms. The van der Waals surface area contributed by atoms with E-state index in [4.69, 9.17) is 0 Å². The molecule has 1 aliphatic rings. The fraction of sp³-hybridized carbons (Fsp3) is 0.412. The van der Waals surface area contributed by atoms with Crippen molar-refractivity contribution in [3.05, 3.63) is 52.3 Å². The molecule has 0 saturated carbocycles. The summed E-state index contributed by atoms with van der Waals surface area (Å²) in [7, 11) is 0. The highest BCUT2D eigenvalue weighted by Crippen LogP contribution is 2.16. The Morgan fingerprint density at radius 3 is 2.43 bits per heavy atom. The lowest BCUT2D eigenvalue weighted by molar-refractivity contribution is 0.170. The van der Waals surface area contributed by atoms with Crippen LogP contribution in [0.2, 0.25) is 0 Å². The van der Waals surface area contributed by atoms with Gasteiger partial charge in [0.05, 0.1) is 12.4 Å². The van der Waals surface area contributed by atoms with Gasteiger partial charge < -0.3 is 0 Å². The van der Waals surface area contributed by atoms with E-state index < -0.39 is 0 Å². The Bertz CT molecular complexity index is 654. The van der Waals surface area contributed by atoms with Gasteiger partial charge in [-0.25, -0.2) is 4.68 Å². The van der Waals surface area contributed by atoms with Crippen LogP contribution in [0.3, 0.4) is 0 Å². The Labute approximate surface area is 125 Å². The molecule has 1 saturated heterocycles. The molecular formula is C17H21N3O. The molecule has 1 aromatic heterocycles. The predicted molar refractivity (Wildman–Crippen MR) is 84.1 cm³/mol. The molecule has 0 amide bonds. The zero-order valence-electron chi connectivity index (χ0n) is 12.5. The van der Waals surface area contributed by atoms with E-state index in [1.165, 1.54) is 24.8 Å². The fourth-order valence-corrected chi connectivity index (χ4v) is 2.72. The first-order valence-electron chi connectivity index (χ1n) is 7.60. The van der Waals surface area contributed by atoms with Crippen LogP contribution in [0.4, 0.5) is 0 Å². The lowest BCUT2D eigenvalue weighted by Crippen LogP contribution is -2.36. The first kappa shape index (κ1) is 14.0. The molecule has 0 bridgehead atoms. The molecule has 4 heteroatoms. The Morgan fingerprint density at radius 2 is 1.71 bits per heavy atom. The number of rotatable bonds is 3. The molecular weight excluding hydrogens is 262 g/mol. The average Bonchev–Trinajstić information content (AvgIpc) is 2.51. The second-order valence-corrected chi connectivity index (χ2v) is 5.74. The van der Waals surface area contributed by atoms with Gasteiger partial charge >= 0.3 is 0 Å². The molecule has 1 aliphatic heterocycles. The minimum atomic E-state index is -0.0311. The molecule has 3 rings (SSSR count). The van der Waals surface area contributed by atoms with Crippen molar-refractivity contribution in [2.24, 2.45) is 0 Å². The van der Waals surface area contributed by atoms with Crippen molar-refractivity contribution in [1.82, 2.24) is 14.7 Å². The molecule has 0 aliphatic carbocycles. The Hall–Kier alpha value is -1.94. The normalized spacial score (nSPS) is 16.0. The number of aryl methyl sites for hydroxylation is 1. The molecule has 110 valence electrons. The van der Waals surface area contributed by atoms with Gasteiger partial charge in [-0.05, 0) is 38.9 Å². The molecule has 0 radical (unpaired) electrons. The van der Waals surface area contributed by atoms with Crippen molar-refractivity contribution < 1.29 is 0 Å². The Kier molecular flexibility index (Phi) is 4.15. The van der Waals surface area contributed by atoms with Crippen molar-refractivity contribution >= 4 is 0 Å². The molecule has 0 unspecified atom stereocenters.